The first-order chi connectivity index (χ1) is 15.5. The van der Waals surface area contributed by atoms with Crippen LogP contribution in [0.5, 0.6) is 0 Å². The fraction of sp³-hybridized carbons (Fsp3) is 0.333. The second-order valence-electron chi connectivity index (χ2n) is 7.99. The Hall–Kier alpha value is -2.97. The lowest BCUT2D eigenvalue weighted by molar-refractivity contribution is 0.102. The number of piperidine rings is 1. The van der Waals surface area contributed by atoms with E-state index in [9.17, 15) is 13.2 Å². The molecule has 1 aliphatic heterocycles. The summed E-state index contributed by atoms with van der Waals surface area (Å²) in [5.41, 5.74) is 2.64. The molecule has 2 heterocycles. The fourth-order valence-electron chi connectivity index (χ4n) is 3.86. The van der Waals surface area contributed by atoms with Crippen molar-refractivity contribution in [1.29, 1.82) is 0 Å². The Labute approximate surface area is 189 Å². The maximum atomic E-state index is 13.0. The number of sulfonamides is 1. The molecule has 0 spiro atoms. The second-order valence-corrected chi connectivity index (χ2v) is 9.93. The van der Waals surface area contributed by atoms with E-state index >= 15 is 0 Å². The molecule has 1 aliphatic rings. The van der Waals surface area contributed by atoms with Crippen molar-refractivity contribution in [2.75, 3.05) is 18.4 Å². The minimum Gasteiger partial charge on any atom is -0.307 e. The molecule has 4 rings (SSSR count). The van der Waals surface area contributed by atoms with Gasteiger partial charge in [0.2, 0.25) is 10.0 Å². The van der Waals surface area contributed by atoms with Crippen LogP contribution in [0, 0.1) is 0 Å². The smallest absolute Gasteiger partial charge is 0.256 e. The van der Waals surface area contributed by atoms with Crippen molar-refractivity contribution in [2.45, 2.75) is 44.0 Å². The molecular formula is C24H28N4O3S. The number of anilines is 1. The average Bonchev–Trinajstić information content (AvgIpc) is 3.26. The van der Waals surface area contributed by atoms with E-state index in [-0.39, 0.29) is 10.8 Å². The molecule has 0 radical (unpaired) electrons. The highest BCUT2D eigenvalue weighted by Crippen LogP contribution is 2.22. The quantitative estimate of drug-likeness (QED) is 0.589. The van der Waals surface area contributed by atoms with Crippen LogP contribution in [0.4, 0.5) is 5.82 Å². The first-order valence-corrected chi connectivity index (χ1v) is 12.4. The number of amides is 1. The molecule has 1 amide bonds. The van der Waals surface area contributed by atoms with E-state index in [1.807, 2.05) is 0 Å². The third-order valence-corrected chi connectivity index (χ3v) is 7.67. The van der Waals surface area contributed by atoms with Crippen molar-refractivity contribution in [2.24, 2.45) is 0 Å². The summed E-state index contributed by atoms with van der Waals surface area (Å²) in [5, 5.41) is 7.18. The lowest BCUT2D eigenvalue weighted by Gasteiger charge is -2.26. The number of aryl methyl sites for hydroxylation is 1. The number of carbonyl (C=O) groups is 1. The van der Waals surface area contributed by atoms with Crippen LogP contribution in [0.15, 0.2) is 65.7 Å². The molecular weight excluding hydrogens is 424 g/mol. The molecule has 0 unspecified atom stereocenters. The summed E-state index contributed by atoms with van der Waals surface area (Å²) in [4.78, 5) is 13.0. The van der Waals surface area contributed by atoms with Crippen LogP contribution in [-0.4, -0.2) is 41.5 Å². The number of hydrogen-bond donors (Lipinski definition) is 1. The van der Waals surface area contributed by atoms with Gasteiger partial charge in [-0.1, -0.05) is 43.7 Å². The summed E-state index contributed by atoms with van der Waals surface area (Å²) >= 11 is 0. The lowest BCUT2D eigenvalue weighted by atomic mass is 10.1. The molecule has 1 fully saturated rings. The van der Waals surface area contributed by atoms with Crippen LogP contribution in [0.3, 0.4) is 0 Å². The van der Waals surface area contributed by atoms with E-state index < -0.39 is 10.0 Å². The van der Waals surface area contributed by atoms with Gasteiger partial charge >= 0.3 is 0 Å². The third kappa shape index (κ3) is 4.92. The Kier molecular flexibility index (Phi) is 6.72. The molecule has 1 aromatic heterocycles. The number of benzene rings is 2. The standard InChI is InChI=1S/C24H28N4O3S/c1-2-19-9-11-20(12-10-19)18-28-23(13-14-25-28)26-24(29)21-7-6-8-22(17-21)32(30,31)27-15-4-3-5-16-27/h6-14,17H,2-5,15-16,18H2,1H3,(H,26,29). The third-order valence-electron chi connectivity index (χ3n) is 5.77. The van der Waals surface area contributed by atoms with Crippen molar-refractivity contribution < 1.29 is 13.2 Å². The molecule has 8 heteroatoms. The molecule has 7 nitrogen and oxygen atoms in total. The van der Waals surface area contributed by atoms with Gasteiger partial charge in [0, 0.05) is 24.7 Å². The fourth-order valence-corrected chi connectivity index (χ4v) is 5.42. The Morgan fingerprint density at radius 1 is 1.00 bits per heavy atom. The molecule has 32 heavy (non-hydrogen) atoms. The van der Waals surface area contributed by atoms with Gasteiger partial charge in [0.1, 0.15) is 5.82 Å². The highest BCUT2D eigenvalue weighted by atomic mass is 32.2. The van der Waals surface area contributed by atoms with Gasteiger partial charge in [-0.25, -0.2) is 13.1 Å². The largest absolute Gasteiger partial charge is 0.307 e. The van der Waals surface area contributed by atoms with Gasteiger partial charge in [-0.2, -0.15) is 9.40 Å². The van der Waals surface area contributed by atoms with Gasteiger partial charge in [-0.05, 0) is 48.6 Å². The number of nitrogens with zero attached hydrogens (tertiary/aromatic N) is 3. The summed E-state index contributed by atoms with van der Waals surface area (Å²) in [5.74, 6) is 0.183. The Bertz CT molecular complexity index is 1180. The maximum Gasteiger partial charge on any atom is 0.256 e. The van der Waals surface area contributed by atoms with E-state index in [0.717, 1.165) is 31.2 Å². The monoisotopic (exact) mass is 452 g/mol. The van der Waals surface area contributed by atoms with Gasteiger partial charge in [0.05, 0.1) is 17.6 Å². The molecule has 0 atom stereocenters. The maximum absolute atomic E-state index is 13.0. The van der Waals surface area contributed by atoms with Crippen LogP contribution >= 0.6 is 0 Å². The van der Waals surface area contributed by atoms with Crippen LogP contribution < -0.4 is 5.32 Å². The number of hydrogen-bond acceptors (Lipinski definition) is 4. The highest BCUT2D eigenvalue weighted by Gasteiger charge is 2.26. The van der Waals surface area contributed by atoms with Crippen LogP contribution in [0.1, 0.15) is 47.7 Å². The predicted molar refractivity (Wildman–Crippen MR) is 124 cm³/mol. The van der Waals surface area contributed by atoms with Crippen molar-refractivity contribution in [1.82, 2.24) is 14.1 Å². The highest BCUT2D eigenvalue weighted by molar-refractivity contribution is 7.89. The minimum atomic E-state index is -3.60. The summed E-state index contributed by atoms with van der Waals surface area (Å²) in [6, 6.07) is 16.2. The van der Waals surface area contributed by atoms with E-state index in [1.54, 1.807) is 35.1 Å². The normalized spacial score (nSPS) is 14.9. The molecule has 0 aliphatic carbocycles. The number of nitrogens with one attached hydrogen (secondary N) is 1. The summed E-state index contributed by atoms with van der Waals surface area (Å²) in [6.45, 7) is 3.69. The van der Waals surface area contributed by atoms with Crippen molar-refractivity contribution in [3.8, 4) is 0 Å². The van der Waals surface area contributed by atoms with E-state index in [0.29, 0.717) is 31.0 Å². The van der Waals surface area contributed by atoms with Gasteiger partial charge in [-0.3, -0.25) is 4.79 Å². The molecule has 168 valence electrons. The minimum absolute atomic E-state index is 0.150. The van der Waals surface area contributed by atoms with Crippen molar-refractivity contribution >= 4 is 21.7 Å². The topological polar surface area (TPSA) is 84.3 Å². The average molecular weight is 453 g/mol. The van der Waals surface area contributed by atoms with Gasteiger partial charge in [0.25, 0.3) is 5.91 Å². The van der Waals surface area contributed by atoms with Gasteiger partial charge in [0.15, 0.2) is 0 Å². The SMILES string of the molecule is CCc1ccc(Cn2nccc2NC(=O)c2cccc(S(=O)(=O)N3CCCCC3)c2)cc1. The van der Waals surface area contributed by atoms with Crippen LogP contribution in [0.2, 0.25) is 0 Å². The van der Waals surface area contributed by atoms with Crippen molar-refractivity contribution in [3.63, 3.8) is 0 Å². The zero-order valence-electron chi connectivity index (χ0n) is 18.2. The van der Waals surface area contributed by atoms with E-state index in [2.05, 4.69) is 41.6 Å². The molecule has 1 saturated heterocycles. The van der Waals surface area contributed by atoms with Crippen molar-refractivity contribution in [3.05, 3.63) is 77.5 Å². The predicted octanol–water partition coefficient (Wildman–Crippen LogP) is 3.92. The second kappa shape index (κ2) is 9.67. The van der Waals surface area contributed by atoms with Crippen LogP contribution in [0.25, 0.3) is 0 Å². The molecule has 0 saturated carbocycles. The summed E-state index contributed by atoms with van der Waals surface area (Å²) in [7, 11) is -3.60. The number of rotatable bonds is 7. The van der Waals surface area contributed by atoms with E-state index in [4.69, 9.17) is 0 Å². The van der Waals surface area contributed by atoms with E-state index in [1.165, 1.54) is 15.9 Å². The molecule has 1 N–H and O–H groups in total. The first kappa shape index (κ1) is 22.2. The first-order valence-electron chi connectivity index (χ1n) is 11.0. The Balaban J connectivity index is 1.49. The molecule has 0 bridgehead atoms. The Morgan fingerprint density at radius 2 is 1.72 bits per heavy atom. The Morgan fingerprint density at radius 3 is 2.44 bits per heavy atom. The van der Waals surface area contributed by atoms with Crippen LogP contribution in [-0.2, 0) is 23.0 Å². The number of aromatic nitrogens is 2. The zero-order valence-corrected chi connectivity index (χ0v) is 19.0. The van der Waals surface area contributed by atoms with Gasteiger partial charge < -0.3 is 5.32 Å². The zero-order chi connectivity index (χ0) is 22.6. The lowest BCUT2D eigenvalue weighted by Crippen LogP contribution is -2.35. The number of carbonyl (C=O) groups excluding carboxylic acids is 1. The molecule has 3 aromatic rings. The van der Waals surface area contributed by atoms with Gasteiger partial charge in [-0.15, -0.1) is 0 Å². The summed E-state index contributed by atoms with van der Waals surface area (Å²) in [6.07, 6.45) is 5.39. The molecule has 2 aromatic carbocycles. The summed E-state index contributed by atoms with van der Waals surface area (Å²) < 4.78 is 29.1.